The molecule has 1 aromatic carbocycles. The van der Waals surface area contributed by atoms with Gasteiger partial charge >= 0.3 is 5.97 Å². The lowest BCUT2D eigenvalue weighted by Crippen LogP contribution is -2.29. The van der Waals surface area contributed by atoms with Crippen LogP contribution in [0.3, 0.4) is 0 Å². The monoisotopic (exact) mass is 367 g/mol. The van der Waals surface area contributed by atoms with Crippen LogP contribution in [0.25, 0.3) is 10.8 Å². The van der Waals surface area contributed by atoms with Crippen LogP contribution in [0, 0.1) is 13.8 Å². The first-order chi connectivity index (χ1) is 12.7. The second-order valence-corrected chi connectivity index (χ2v) is 6.27. The van der Waals surface area contributed by atoms with Crippen molar-refractivity contribution in [1.82, 2.24) is 14.8 Å². The van der Waals surface area contributed by atoms with E-state index in [1.165, 1.54) is 19.1 Å². The van der Waals surface area contributed by atoms with Crippen LogP contribution in [0.1, 0.15) is 49.5 Å². The fourth-order valence-electron chi connectivity index (χ4n) is 3.27. The van der Waals surface area contributed by atoms with Gasteiger partial charge in [0.05, 0.1) is 11.1 Å². The van der Waals surface area contributed by atoms with E-state index in [0.717, 1.165) is 4.68 Å². The summed E-state index contributed by atoms with van der Waals surface area (Å²) in [5, 5.41) is 13.6. The number of carboxylic acids is 1. The van der Waals surface area contributed by atoms with Crippen LogP contribution in [0.2, 0.25) is 0 Å². The topological polar surface area (TPSA) is 122 Å². The molecule has 2 N–H and O–H groups in total. The Kier molecular flexibility index (Phi) is 4.49. The lowest BCUT2D eigenvalue weighted by Gasteiger charge is -2.08. The molecule has 27 heavy (non-hydrogen) atoms. The summed E-state index contributed by atoms with van der Waals surface area (Å²) in [5.41, 5.74) is 0.837. The summed E-state index contributed by atoms with van der Waals surface area (Å²) in [6.07, 6.45) is 0. The molecule has 3 rings (SSSR count). The van der Waals surface area contributed by atoms with Gasteiger partial charge < -0.3 is 10.1 Å². The minimum Gasteiger partial charge on any atom is -0.476 e. The normalized spacial score (nSPS) is 10.9. The number of H-pyrrole nitrogens is 1. The highest BCUT2D eigenvalue weighted by Gasteiger charge is 2.22. The van der Waals surface area contributed by atoms with Gasteiger partial charge in [0.1, 0.15) is 6.54 Å². The maximum atomic E-state index is 12.7. The predicted octanol–water partition coefficient (Wildman–Crippen LogP) is 2.13. The number of aromatic nitrogens is 3. The quantitative estimate of drug-likeness (QED) is 0.666. The molecule has 0 aliphatic rings. The highest BCUT2D eigenvalue weighted by atomic mass is 16.4. The molecule has 0 spiro atoms. The second kappa shape index (κ2) is 6.64. The molecule has 2 aromatic heterocycles. The Labute approximate surface area is 153 Å². The lowest BCUT2D eigenvalue weighted by atomic mass is 10.1. The fourth-order valence-corrected chi connectivity index (χ4v) is 3.27. The number of hydrogen-bond acceptors (Lipinski definition) is 5. The predicted molar refractivity (Wildman–Crippen MR) is 97.6 cm³/mol. The minimum atomic E-state index is -1.29. The zero-order valence-corrected chi connectivity index (χ0v) is 15.0. The Morgan fingerprint density at radius 1 is 1.15 bits per heavy atom. The molecule has 0 radical (unpaired) electrons. The van der Waals surface area contributed by atoms with Gasteiger partial charge in [-0.05, 0) is 32.4 Å². The van der Waals surface area contributed by atoms with E-state index in [1.807, 2.05) is 0 Å². The van der Waals surface area contributed by atoms with E-state index in [1.54, 1.807) is 26.0 Å². The number of hydrogen-bond donors (Lipinski definition) is 2. The van der Waals surface area contributed by atoms with Crippen LogP contribution in [0.15, 0.2) is 29.1 Å². The van der Waals surface area contributed by atoms with Gasteiger partial charge in [-0.15, -0.1) is 0 Å². The molecule has 8 heteroatoms. The zero-order chi connectivity index (χ0) is 19.9. The van der Waals surface area contributed by atoms with E-state index in [4.69, 9.17) is 0 Å². The SMILES string of the molecule is CC(=O)c1c(C)[nH]c(C(=O)Cn2nc(C(=O)O)c3ccccc3c2=O)c1C. The van der Waals surface area contributed by atoms with E-state index >= 15 is 0 Å². The molecule has 3 aromatic rings. The third-order valence-corrected chi connectivity index (χ3v) is 4.43. The number of rotatable bonds is 5. The number of Topliss-reactive ketones (excluding diaryl/α,β-unsaturated/α-hetero) is 2. The van der Waals surface area contributed by atoms with Gasteiger partial charge in [0.15, 0.2) is 11.5 Å². The summed E-state index contributed by atoms with van der Waals surface area (Å²) in [4.78, 5) is 51.4. The molecule has 0 amide bonds. The molecule has 0 unspecified atom stereocenters. The zero-order valence-electron chi connectivity index (χ0n) is 15.0. The van der Waals surface area contributed by atoms with Gasteiger partial charge in [0.2, 0.25) is 5.78 Å². The summed E-state index contributed by atoms with van der Waals surface area (Å²) in [6, 6.07) is 6.21. The van der Waals surface area contributed by atoms with E-state index in [2.05, 4.69) is 10.1 Å². The molecule has 0 aliphatic carbocycles. The number of carboxylic acid groups (broad SMARTS) is 1. The highest BCUT2D eigenvalue weighted by molar-refractivity contribution is 6.04. The molecular weight excluding hydrogens is 350 g/mol. The van der Waals surface area contributed by atoms with Gasteiger partial charge in [0, 0.05) is 16.6 Å². The summed E-state index contributed by atoms with van der Waals surface area (Å²) in [5.74, 6) is -1.93. The van der Waals surface area contributed by atoms with E-state index in [-0.39, 0.29) is 27.9 Å². The summed E-state index contributed by atoms with van der Waals surface area (Å²) < 4.78 is 0.844. The number of benzene rings is 1. The Bertz CT molecular complexity index is 1170. The van der Waals surface area contributed by atoms with Gasteiger partial charge in [-0.3, -0.25) is 14.4 Å². The number of carbonyl (C=O) groups excluding carboxylic acids is 2. The highest BCUT2D eigenvalue weighted by Crippen LogP contribution is 2.19. The first-order valence-corrected chi connectivity index (χ1v) is 8.18. The molecule has 0 aliphatic heterocycles. The van der Waals surface area contributed by atoms with Crippen molar-refractivity contribution in [1.29, 1.82) is 0 Å². The molecule has 0 saturated heterocycles. The molecule has 0 fully saturated rings. The van der Waals surface area contributed by atoms with Gasteiger partial charge in [-0.1, -0.05) is 18.2 Å². The Morgan fingerprint density at radius 2 is 1.78 bits per heavy atom. The first kappa shape index (κ1) is 18.2. The van der Waals surface area contributed by atoms with Crippen LogP contribution in [0.4, 0.5) is 0 Å². The average Bonchev–Trinajstić information content (AvgIpc) is 2.91. The third kappa shape index (κ3) is 3.05. The third-order valence-electron chi connectivity index (χ3n) is 4.43. The largest absolute Gasteiger partial charge is 0.476 e. The van der Waals surface area contributed by atoms with Crippen molar-refractivity contribution in [3.63, 3.8) is 0 Å². The number of fused-ring (bicyclic) bond motifs is 1. The van der Waals surface area contributed by atoms with Crippen LogP contribution >= 0.6 is 0 Å². The minimum absolute atomic E-state index is 0.168. The standard InChI is InChI=1S/C19H17N3O5/c1-9-15(11(3)23)10(2)20-16(9)14(24)8-22-18(25)13-7-5-4-6-12(13)17(21-22)19(26)27/h4-7,20H,8H2,1-3H3,(H,26,27). The smallest absolute Gasteiger partial charge is 0.357 e. The van der Waals surface area contributed by atoms with Crippen molar-refractivity contribution < 1.29 is 19.5 Å². The lowest BCUT2D eigenvalue weighted by molar-refractivity contribution is 0.0688. The van der Waals surface area contributed by atoms with Gasteiger partial charge in [-0.2, -0.15) is 5.10 Å². The summed E-state index contributed by atoms with van der Waals surface area (Å²) in [6.45, 7) is 4.30. The Hall–Kier alpha value is -3.55. The maximum Gasteiger partial charge on any atom is 0.357 e. The fraction of sp³-hybridized carbons (Fsp3) is 0.211. The molecule has 2 heterocycles. The van der Waals surface area contributed by atoms with Gasteiger partial charge in [0.25, 0.3) is 5.56 Å². The summed E-state index contributed by atoms with van der Waals surface area (Å²) >= 11 is 0. The maximum absolute atomic E-state index is 12.7. The van der Waals surface area contributed by atoms with Crippen LogP contribution < -0.4 is 5.56 Å². The van der Waals surface area contributed by atoms with Gasteiger partial charge in [-0.25, -0.2) is 9.48 Å². The summed E-state index contributed by atoms with van der Waals surface area (Å²) in [7, 11) is 0. The number of aromatic amines is 1. The van der Waals surface area contributed by atoms with Crippen molar-refractivity contribution in [2.75, 3.05) is 0 Å². The number of nitrogens with one attached hydrogen (secondary N) is 1. The van der Waals surface area contributed by atoms with E-state index < -0.39 is 23.9 Å². The van der Waals surface area contributed by atoms with Crippen molar-refractivity contribution in [3.8, 4) is 0 Å². The Balaban J connectivity index is 2.10. The van der Waals surface area contributed by atoms with Crippen molar-refractivity contribution in [3.05, 3.63) is 62.8 Å². The van der Waals surface area contributed by atoms with Crippen molar-refractivity contribution >= 4 is 28.3 Å². The number of carbonyl (C=O) groups is 3. The van der Waals surface area contributed by atoms with E-state index in [0.29, 0.717) is 16.8 Å². The van der Waals surface area contributed by atoms with Crippen molar-refractivity contribution in [2.24, 2.45) is 0 Å². The van der Waals surface area contributed by atoms with Crippen LogP contribution in [-0.4, -0.2) is 37.4 Å². The van der Waals surface area contributed by atoms with Crippen LogP contribution in [0.5, 0.6) is 0 Å². The van der Waals surface area contributed by atoms with Crippen molar-refractivity contribution in [2.45, 2.75) is 27.3 Å². The van der Waals surface area contributed by atoms with E-state index in [9.17, 15) is 24.3 Å². The number of aryl methyl sites for hydroxylation is 1. The molecular formula is C19H17N3O5. The average molecular weight is 367 g/mol. The molecule has 138 valence electrons. The van der Waals surface area contributed by atoms with Crippen LogP contribution in [-0.2, 0) is 6.54 Å². The number of nitrogens with zero attached hydrogens (tertiary/aromatic N) is 2. The molecule has 0 saturated carbocycles. The number of aromatic carboxylic acids is 1. The number of ketones is 2. The Morgan fingerprint density at radius 3 is 2.33 bits per heavy atom. The second-order valence-electron chi connectivity index (χ2n) is 6.27. The molecule has 8 nitrogen and oxygen atoms in total. The molecule has 0 atom stereocenters. The first-order valence-electron chi connectivity index (χ1n) is 8.18. The molecule has 0 bridgehead atoms.